The molecular formula is C21H28N4O5S2. The van der Waals surface area contributed by atoms with E-state index < -0.39 is 20.0 Å². The summed E-state index contributed by atoms with van der Waals surface area (Å²) in [5, 5.41) is 2.96. The molecular weight excluding hydrogens is 452 g/mol. The highest BCUT2D eigenvalue weighted by molar-refractivity contribution is 7.89. The number of hydrogen-bond acceptors (Lipinski definition) is 6. The minimum Gasteiger partial charge on any atom is -0.349 e. The molecule has 1 aliphatic heterocycles. The average molecular weight is 481 g/mol. The Kier molecular flexibility index (Phi) is 7.33. The average Bonchev–Trinajstić information content (AvgIpc) is 2.79. The number of nitrogens with one attached hydrogen (secondary N) is 1. The van der Waals surface area contributed by atoms with E-state index in [1.807, 2.05) is 6.92 Å². The first-order valence-corrected chi connectivity index (χ1v) is 13.1. The summed E-state index contributed by atoms with van der Waals surface area (Å²) >= 11 is 0. The maximum absolute atomic E-state index is 12.7. The van der Waals surface area contributed by atoms with E-state index in [-0.39, 0.29) is 40.7 Å². The van der Waals surface area contributed by atoms with Crippen LogP contribution in [-0.2, 0) is 24.8 Å². The van der Waals surface area contributed by atoms with E-state index in [4.69, 9.17) is 0 Å². The van der Waals surface area contributed by atoms with Gasteiger partial charge in [0.1, 0.15) is 4.90 Å². The van der Waals surface area contributed by atoms with Crippen molar-refractivity contribution in [2.75, 3.05) is 27.2 Å². The largest absolute Gasteiger partial charge is 0.349 e. The van der Waals surface area contributed by atoms with Crippen LogP contribution in [0.5, 0.6) is 0 Å². The van der Waals surface area contributed by atoms with Gasteiger partial charge in [-0.3, -0.25) is 9.78 Å². The molecule has 3 rings (SSSR count). The van der Waals surface area contributed by atoms with E-state index in [9.17, 15) is 21.6 Å². The lowest BCUT2D eigenvalue weighted by Crippen LogP contribution is -2.43. The zero-order valence-corrected chi connectivity index (χ0v) is 19.9. The van der Waals surface area contributed by atoms with Gasteiger partial charge in [-0.1, -0.05) is 12.1 Å². The summed E-state index contributed by atoms with van der Waals surface area (Å²) in [5.41, 5.74) is 0.785. The molecule has 174 valence electrons. The van der Waals surface area contributed by atoms with Crippen LogP contribution in [0.15, 0.2) is 58.6 Å². The first kappa shape index (κ1) is 24.3. The van der Waals surface area contributed by atoms with Crippen molar-refractivity contribution in [1.82, 2.24) is 18.9 Å². The molecule has 1 N–H and O–H groups in total. The van der Waals surface area contributed by atoms with Crippen LogP contribution in [0.3, 0.4) is 0 Å². The normalized spacial score (nSPS) is 17.2. The second-order valence-electron chi connectivity index (χ2n) is 7.95. The van der Waals surface area contributed by atoms with Crippen LogP contribution in [0.4, 0.5) is 0 Å². The molecule has 0 radical (unpaired) electrons. The molecule has 1 amide bonds. The lowest BCUT2D eigenvalue weighted by atomic mass is 9.96. The lowest BCUT2D eigenvalue weighted by Gasteiger charge is -2.31. The van der Waals surface area contributed by atoms with Crippen LogP contribution in [0.1, 0.15) is 31.4 Å². The number of carbonyl (C=O) groups is 1. The Morgan fingerprint density at radius 3 is 2.22 bits per heavy atom. The van der Waals surface area contributed by atoms with Gasteiger partial charge in [-0.2, -0.15) is 4.31 Å². The molecule has 1 fully saturated rings. The molecule has 1 unspecified atom stereocenters. The van der Waals surface area contributed by atoms with Gasteiger partial charge in [0.25, 0.3) is 0 Å². The Bertz CT molecular complexity index is 1140. The molecule has 2 aromatic rings. The molecule has 1 saturated heterocycles. The summed E-state index contributed by atoms with van der Waals surface area (Å²) in [4.78, 5) is 16.9. The third-order valence-corrected chi connectivity index (χ3v) is 9.33. The summed E-state index contributed by atoms with van der Waals surface area (Å²) < 4.78 is 52.3. The molecule has 2 heterocycles. The summed E-state index contributed by atoms with van der Waals surface area (Å²) in [7, 11) is -4.18. The van der Waals surface area contributed by atoms with Gasteiger partial charge < -0.3 is 5.32 Å². The third-order valence-electron chi connectivity index (χ3n) is 5.61. The van der Waals surface area contributed by atoms with Crippen molar-refractivity contribution in [2.45, 2.75) is 35.6 Å². The lowest BCUT2D eigenvalue weighted by molar-refractivity contribution is -0.126. The smallest absolute Gasteiger partial charge is 0.244 e. The number of rotatable bonds is 7. The maximum atomic E-state index is 12.7. The third kappa shape index (κ3) is 5.17. The molecule has 1 atom stereocenters. The van der Waals surface area contributed by atoms with Crippen molar-refractivity contribution in [1.29, 1.82) is 0 Å². The number of hydrogen-bond donors (Lipinski definition) is 1. The molecule has 1 aliphatic rings. The first-order valence-electron chi connectivity index (χ1n) is 10.3. The van der Waals surface area contributed by atoms with Crippen molar-refractivity contribution in [3.05, 3.63) is 54.4 Å². The van der Waals surface area contributed by atoms with Crippen molar-refractivity contribution < 1.29 is 21.6 Å². The van der Waals surface area contributed by atoms with Gasteiger partial charge in [-0.15, -0.1) is 0 Å². The Morgan fingerprint density at radius 1 is 1.06 bits per heavy atom. The van der Waals surface area contributed by atoms with Gasteiger partial charge in [0.05, 0.1) is 10.9 Å². The van der Waals surface area contributed by atoms with Crippen LogP contribution in [0.25, 0.3) is 0 Å². The Labute approximate surface area is 189 Å². The predicted octanol–water partition coefficient (Wildman–Crippen LogP) is 1.61. The van der Waals surface area contributed by atoms with Crippen LogP contribution in [0.2, 0.25) is 0 Å². The fourth-order valence-corrected chi connectivity index (χ4v) is 5.90. The summed E-state index contributed by atoms with van der Waals surface area (Å²) in [6, 6.07) is 9.20. The number of sulfonamides is 2. The Morgan fingerprint density at radius 2 is 1.69 bits per heavy atom. The molecule has 0 spiro atoms. The van der Waals surface area contributed by atoms with Crippen LogP contribution < -0.4 is 5.32 Å². The maximum Gasteiger partial charge on any atom is 0.244 e. The number of carbonyl (C=O) groups excluding carboxylic acids is 1. The van der Waals surface area contributed by atoms with Crippen LogP contribution in [-0.4, -0.2) is 63.5 Å². The molecule has 32 heavy (non-hydrogen) atoms. The number of nitrogens with zero attached hydrogens (tertiary/aromatic N) is 3. The Hall–Kier alpha value is -2.34. The number of aromatic nitrogens is 1. The molecule has 0 aliphatic carbocycles. The standard InChI is InChI=1S/C21H28N4O5S2/c1-16(17-6-8-19(9-7-17)31(27,28)24(2)3)23-21(26)18-10-13-25(14-11-18)32(29,30)20-5-4-12-22-15-20/h4-9,12,15-16,18H,10-11,13-14H2,1-3H3,(H,23,26). The van der Waals surface area contributed by atoms with E-state index in [0.717, 1.165) is 9.87 Å². The number of amides is 1. The second-order valence-corrected chi connectivity index (χ2v) is 12.0. The molecule has 0 saturated carbocycles. The summed E-state index contributed by atoms with van der Waals surface area (Å²) in [5.74, 6) is -0.424. The fourth-order valence-electron chi connectivity index (χ4n) is 3.56. The molecule has 11 heteroatoms. The van der Waals surface area contributed by atoms with Crippen molar-refractivity contribution in [3.63, 3.8) is 0 Å². The zero-order valence-electron chi connectivity index (χ0n) is 18.3. The van der Waals surface area contributed by atoms with Gasteiger partial charge >= 0.3 is 0 Å². The zero-order chi connectivity index (χ0) is 23.5. The first-order chi connectivity index (χ1) is 15.0. The molecule has 9 nitrogen and oxygen atoms in total. The number of pyridine rings is 1. The number of piperidine rings is 1. The quantitative estimate of drug-likeness (QED) is 0.644. The Balaban J connectivity index is 1.58. The van der Waals surface area contributed by atoms with Crippen molar-refractivity contribution in [2.24, 2.45) is 5.92 Å². The van der Waals surface area contributed by atoms with E-state index >= 15 is 0 Å². The molecule has 1 aromatic heterocycles. The van der Waals surface area contributed by atoms with E-state index in [0.29, 0.717) is 12.8 Å². The van der Waals surface area contributed by atoms with E-state index in [2.05, 4.69) is 10.3 Å². The van der Waals surface area contributed by atoms with Crippen molar-refractivity contribution in [3.8, 4) is 0 Å². The second kappa shape index (κ2) is 9.65. The van der Waals surface area contributed by atoms with Gasteiger partial charge in [-0.05, 0) is 49.6 Å². The highest BCUT2D eigenvalue weighted by Gasteiger charge is 2.32. The van der Waals surface area contributed by atoms with Gasteiger partial charge in [0, 0.05) is 45.5 Å². The van der Waals surface area contributed by atoms with Gasteiger partial charge in [-0.25, -0.2) is 21.1 Å². The van der Waals surface area contributed by atoms with Gasteiger partial charge in [0.2, 0.25) is 26.0 Å². The van der Waals surface area contributed by atoms with Crippen molar-refractivity contribution >= 4 is 26.0 Å². The minimum absolute atomic E-state index is 0.138. The minimum atomic E-state index is -3.61. The summed E-state index contributed by atoms with van der Waals surface area (Å²) in [6.45, 7) is 2.36. The SMILES string of the molecule is CC(NC(=O)C1CCN(S(=O)(=O)c2cccnc2)CC1)c1ccc(S(=O)(=O)N(C)C)cc1. The summed E-state index contributed by atoms with van der Waals surface area (Å²) in [6.07, 6.45) is 3.70. The predicted molar refractivity (Wildman–Crippen MR) is 120 cm³/mol. The molecule has 0 bridgehead atoms. The fraction of sp³-hybridized carbons (Fsp3) is 0.429. The highest BCUT2D eigenvalue weighted by atomic mass is 32.2. The van der Waals surface area contributed by atoms with Crippen LogP contribution in [0, 0.1) is 5.92 Å². The topological polar surface area (TPSA) is 117 Å². The monoisotopic (exact) mass is 480 g/mol. The van der Waals surface area contributed by atoms with E-state index in [1.165, 1.54) is 49.0 Å². The highest BCUT2D eigenvalue weighted by Crippen LogP contribution is 2.25. The van der Waals surface area contributed by atoms with Crippen LogP contribution >= 0.6 is 0 Å². The van der Waals surface area contributed by atoms with Gasteiger partial charge in [0.15, 0.2) is 0 Å². The molecule has 1 aromatic carbocycles. The van der Waals surface area contributed by atoms with E-state index in [1.54, 1.807) is 18.2 Å². The number of benzene rings is 1.